The van der Waals surface area contributed by atoms with E-state index in [0.717, 1.165) is 23.3 Å². The molecule has 158 valence electrons. The molecule has 5 nitrogen and oxygen atoms in total. The monoisotopic (exact) mass is 407 g/mol. The van der Waals surface area contributed by atoms with Gasteiger partial charge in [-0.15, -0.1) is 0 Å². The number of likely N-dealkylation sites (tertiary alicyclic amines) is 1. The molecular weight excluding hydrogens is 380 g/mol. The highest BCUT2D eigenvalue weighted by molar-refractivity contribution is 5.87. The van der Waals surface area contributed by atoms with Crippen LogP contribution in [-0.2, 0) is 11.2 Å². The number of carbonyl (C=O) groups is 2. The van der Waals surface area contributed by atoms with Crippen LogP contribution in [0.1, 0.15) is 48.5 Å². The summed E-state index contributed by atoms with van der Waals surface area (Å²) >= 11 is 0. The van der Waals surface area contributed by atoms with Crippen molar-refractivity contribution in [1.29, 1.82) is 0 Å². The molecule has 0 unspecified atom stereocenters. The van der Waals surface area contributed by atoms with Crippen LogP contribution in [0.5, 0.6) is 0 Å². The molecule has 0 aromatic heterocycles. The van der Waals surface area contributed by atoms with Crippen molar-refractivity contribution in [3.05, 3.63) is 59.7 Å². The molecule has 29 heavy (non-hydrogen) atoms. The van der Waals surface area contributed by atoms with Gasteiger partial charge in [0.1, 0.15) is 0 Å². The highest BCUT2D eigenvalue weighted by Gasteiger charge is 2.52. The number of carbonyl (C=O) groups excluding carboxylic acids is 1. The first-order valence-electron chi connectivity index (χ1n) is 9.71. The van der Waals surface area contributed by atoms with E-state index < -0.39 is 36.4 Å². The lowest BCUT2D eigenvalue weighted by Crippen LogP contribution is -2.37. The van der Waals surface area contributed by atoms with Gasteiger partial charge in [-0.05, 0) is 42.5 Å². The summed E-state index contributed by atoms with van der Waals surface area (Å²) < 4.78 is 28.0. The average molecular weight is 407 g/mol. The van der Waals surface area contributed by atoms with Gasteiger partial charge in [-0.3, -0.25) is 4.79 Å². The van der Waals surface area contributed by atoms with Crippen LogP contribution < -0.4 is 0 Å². The lowest BCUT2D eigenvalue weighted by Gasteiger charge is -2.22. The second kappa shape index (κ2) is 9.78. The van der Waals surface area contributed by atoms with Gasteiger partial charge in [0.15, 0.2) is 0 Å². The second-order valence-corrected chi connectivity index (χ2v) is 7.32. The van der Waals surface area contributed by atoms with Crippen LogP contribution in [0.2, 0.25) is 0 Å². The van der Waals surface area contributed by atoms with E-state index in [1.165, 1.54) is 24.3 Å². The molecule has 7 heteroatoms. The van der Waals surface area contributed by atoms with Crippen molar-refractivity contribution in [1.82, 2.24) is 4.90 Å². The Morgan fingerprint density at radius 2 is 2.03 bits per heavy atom. The molecule has 1 aliphatic heterocycles. The highest BCUT2D eigenvalue weighted by atomic mass is 19.3. The first-order chi connectivity index (χ1) is 13.7. The lowest BCUT2D eigenvalue weighted by atomic mass is 10.0. The standard InChI is InChI=1S/C22H27F2NO4/c1-3-4-5-15(2)19(26)11-10-18-14-22(23,24)21(29)25(18)13-12-16-6-8-17(9-7-16)20(27)28/h6-11,18-19,26H,2-5,12-14H2,1H3,(H,27,28)/b11-10+/t18-,19+/m0/s1. The van der Waals surface area contributed by atoms with Crippen molar-refractivity contribution in [2.45, 2.75) is 57.1 Å². The lowest BCUT2D eigenvalue weighted by molar-refractivity contribution is -0.148. The third-order valence-corrected chi connectivity index (χ3v) is 5.07. The fraction of sp³-hybridized carbons (Fsp3) is 0.455. The summed E-state index contributed by atoms with van der Waals surface area (Å²) in [5.74, 6) is -5.71. The number of amides is 1. The molecule has 2 rings (SSSR count). The zero-order valence-corrected chi connectivity index (χ0v) is 16.5. The van der Waals surface area contributed by atoms with Crippen molar-refractivity contribution in [3.63, 3.8) is 0 Å². The summed E-state index contributed by atoms with van der Waals surface area (Å²) in [5, 5.41) is 19.1. The Balaban J connectivity index is 2.04. The molecule has 1 aliphatic rings. The number of hydrogen-bond acceptors (Lipinski definition) is 3. The Bertz CT molecular complexity index is 774. The van der Waals surface area contributed by atoms with Crippen molar-refractivity contribution in [3.8, 4) is 0 Å². The van der Waals surface area contributed by atoms with E-state index in [2.05, 4.69) is 6.58 Å². The van der Waals surface area contributed by atoms with Crippen molar-refractivity contribution in [2.24, 2.45) is 0 Å². The number of unbranched alkanes of at least 4 members (excludes halogenated alkanes) is 1. The van der Waals surface area contributed by atoms with E-state index in [9.17, 15) is 23.5 Å². The van der Waals surface area contributed by atoms with Crippen LogP contribution in [0.25, 0.3) is 0 Å². The van der Waals surface area contributed by atoms with Crippen molar-refractivity contribution >= 4 is 11.9 Å². The molecule has 2 N–H and O–H groups in total. The van der Waals surface area contributed by atoms with Crippen LogP contribution in [-0.4, -0.2) is 51.6 Å². The number of alkyl halides is 2. The first-order valence-corrected chi connectivity index (χ1v) is 9.71. The van der Waals surface area contributed by atoms with Crippen LogP contribution in [0.3, 0.4) is 0 Å². The normalized spacial score (nSPS) is 19.7. The first kappa shape index (κ1) is 22.7. The van der Waals surface area contributed by atoms with Gasteiger partial charge in [0.25, 0.3) is 5.91 Å². The van der Waals surface area contributed by atoms with Crippen molar-refractivity contribution < 1.29 is 28.6 Å². The molecule has 0 radical (unpaired) electrons. The summed E-state index contributed by atoms with van der Waals surface area (Å²) in [4.78, 5) is 24.1. The van der Waals surface area contributed by atoms with E-state index in [0.29, 0.717) is 18.4 Å². The van der Waals surface area contributed by atoms with E-state index in [4.69, 9.17) is 5.11 Å². The number of aliphatic hydroxyl groups excluding tert-OH is 1. The molecule has 1 aromatic carbocycles. The summed E-state index contributed by atoms with van der Waals surface area (Å²) in [5.41, 5.74) is 1.49. The van der Waals surface area contributed by atoms with Gasteiger partial charge in [0.2, 0.25) is 0 Å². The maximum Gasteiger partial charge on any atom is 0.335 e. The third kappa shape index (κ3) is 5.97. The van der Waals surface area contributed by atoms with Crippen LogP contribution in [0.15, 0.2) is 48.6 Å². The number of halogens is 2. The Kier molecular flexibility index (Phi) is 7.67. The van der Waals surface area contributed by atoms with E-state index >= 15 is 0 Å². The molecule has 2 atom stereocenters. The molecular formula is C22H27F2NO4. The Hall–Kier alpha value is -2.54. The zero-order valence-electron chi connectivity index (χ0n) is 16.5. The number of hydrogen-bond donors (Lipinski definition) is 2. The van der Waals surface area contributed by atoms with Gasteiger partial charge in [-0.2, -0.15) is 8.78 Å². The van der Waals surface area contributed by atoms with Crippen LogP contribution in [0.4, 0.5) is 8.78 Å². The number of benzene rings is 1. The van der Waals surface area contributed by atoms with Crippen LogP contribution in [0, 0.1) is 0 Å². The molecule has 1 amide bonds. The second-order valence-electron chi connectivity index (χ2n) is 7.32. The molecule has 0 aliphatic carbocycles. The van der Waals surface area contributed by atoms with Gasteiger partial charge in [0.05, 0.1) is 17.7 Å². The average Bonchev–Trinajstić information content (AvgIpc) is 2.91. The molecule has 1 fully saturated rings. The van der Waals surface area contributed by atoms with Gasteiger partial charge in [0, 0.05) is 13.0 Å². The number of nitrogens with zero attached hydrogens (tertiary/aromatic N) is 1. The fourth-order valence-corrected chi connectivity index (χ4v) is 3.25. The molecule has 0 saturated carbocycles. The summed E-state index contributed by atoms with van der Waals surface area (Å²) in [6, 6.07) is 5.27. The summed E-state index contributed by atoms with van der Waals surface area (Å²) in [6.07, 6.45) is 4.12. The SMILES string of the molecule is C=C(CCCC)[C@H](O)/C=C/[C@H]1CC(F)(F)C(=O)N1CCc1ccc(C(=O)O)cc1. The molecule has 1 saturated heterocycles. The topological polar surface area (TPSA) is 77.8 Å². The molecule has 0 spiro atoms. The minimum atomic E-state index is -3.44. The minimum Gasteiger partial charge on any atom is -0.478 e. The number of rotatable bonds is 10. The van der Waals surface area contributed by atoms with Crippen molar-refractivity contribution in [2.75, 3.05) is 6.54 Å². The number of aliphatic hydroxyl groups is 1. The van der Waals surface area contributed by atoms with Gasteiger partial charge >= 0.3 is 11.9 Å². The minimum absolute atomic E-state index is 0.0721. The zero-order chi connectivity index (χ0) is 21.6. The Morgan fingerprint density at radius 1 is 1.38 bits per heavy atom. The van der Waals surface area contributed by atoms with Gasteiger partial charge < -0.3 is 15.1 Å². The predicted octanol–water partition coefficient (Wildman–Crippen LogP) is 3.83. The Labute approximate surface area is 169 Å². The largest absolute Gasteiger partial charge is 0.478 e. The summed E-state index contributed by atoms with van der Waals surface area (Å²) in [6.45, 7) is 5.92. The number of carboxylic acid groups (broad SMARTS) is 1. The maximum absolute atomic E-state index is 14.0. The van der Waals surface area contributed by atoms with Gasteiger partial charge in [-0.1, -0.05) is 44.2 Å². The fourth-order valence-electron chi connectivity index (χ4n) is 3.25. The quantitative estimate of drug-likeness (QED) is 0.578. The van der Waals surface area contributed by atoms with Gasteiger partial charge in [-0.25, -0.2) is 4.79 Å². The smallest absolute Gasteiger partial charge is 0.335 e. The molecule has 1 aromatic rings. The molecule has 0 bridgehead atoms. The predicted molar refractivity (Wildman–Crippen MR) is 106 cm³/mol. The molecule has 1 heterocycles. The maximum atomic E-state index is 14.0. The van der Waals surface area contributed by atoms with E-state index in [-0.39, 0.29) is 12.1 Å². The number of carboxylic acids is 1. The third-order valence-electron chi connectivity index (χ3n) is 5.07. The Morgan fingerprint density at radius 3 is 2.62 bits per heavy atom. The van der Waals surface area contributed by atoms with E-state index in [1.54, 1.807) is 12.1 Å². The number of aromatic carboxylic acids is 1. The van der Waals surface area contributed by atoms with Crippen LogP contribution >= 0.6 is 0 Å². The van der Waals surface area contributed by atoms with E-state index in [1.807, 2.05) is 6.92 Å². The summed E-state index contributed by atoms with van der Waals surface area (Å²) in [7, 11) is 0. The highest BCUT2D eigenvalue weighted by Crippen LogP contribution is 2.34.